The van der Waals surface area contributed by atoms with Crippen molar-refractivity contribution in [2.24, 2.45) is 69.0 Å². The first kappa shape index (κ1) is 105. The third kappa shape index (κ3) is 21.8. The third-order valence-corrected chi connectivity index (χ3v) is 29.6. The lowest BCUT2D eigenvalue weighted by Gasteiger charge is -2.67. The van der Waals surface area contributed by atoms with Crippen LogP contribution < -0.4 is 0 Å². The number of rotatable bonds is 31. The maximum atomic E-state index is 15.9. The molecule has 4 saturated carbocycles. The van der Waals surface area contributed by atoms with Crippen LogP contribution in [0.3, 0.4) is 0 Å². The number of esters is 5. The first-order valence-corrected chi connectivity index (χ1v) is 47.2. The lowest BCUT2D eigenvalue weighted by atomic mass is 9.43. The van der Waals surface area contributed by atoms with Gasteiger partial charge in [-0.25, -0.2) is 28.8 Å². The van der Waals surface area contributed by atoms with Crippen LogP contribution in [0.4, 0.5) is 9.59 Å². The zero-order chi connectivity index (χ0) is 99.7. The van der Waals surface area contributed by atoms with Crippen molar-refractivity contribution in [1.82, 2.24) is 0 Å². The number of hydrogen-bond donors (Lipinski definition) is 4. The molecule has 0 aromatic heterocycles. The molecule has 6 fully saturated rings. The van der Waals surface area contributed by atoms with Crippen molar-refractivity contribution in [1.29, 1.82) is 0 Å². The second-order valence-electron chi connectivity index (χ2n) is 40.3. The molecule has 6 aliphatic carbocycles. The minimum Gasteiger partial charge on any atom is -0.479 e. The molecule has 2 heterocycles. The average molecular weight is 1900 g/mol. The Kier molecular flexibility index (Phi) is 33.5. The Morgan fingerprint density at radius 1 is 0.445 bits per heavy atom. The molecule has 4 bridgehead atoms. The summed E-state index contributed by atoms with van der Waals surface area (Å²) in [4.78, 5) is 139. The molecule has 2 saturated heterocycles. The summed E-state index contributed by atoms with van der Waals surface area (Å²) >= 11 is 0. The first-order valence-electron chi connectivity index (χ1n) is 47.2. The molecule has 740 valence electrons. The molecule has 0 spiro atoms. The maximum absolute atomic E-state index is 15.9. The number of benzene rings is 6. The quantitative estimate of drug-likeness (QED) is 0.0103. The number of ether oxygens (including phenoxy) is 15. The highest BCUT2D eigenvalue weighted by atomic mass is 16.7. The largest absolute Gasteiger partial charge is 0.508 e. The van der Waals surface area contributed by atoms with Crippen molar-refractivity contribution in [3.05, 3.63) is 238 Å². The summed E-state index contributed by atoms with van der Waals surface area (Å²) in [6.45, 7) is 31.6. The second kappa shape index (κ2) is 43.7. The second-order valence-corrected chi connectivity index (χ2v) is 40.3. The predicted octanol–water partition coefficient (Wildman–Crippen LogP) is 16.5. The van der Waals surface area contributed by atoms with E-state index in [-0.39, 0.29) is 101 Å². The molecule has 0 amide bonds. The Morgan fingerprint density at radius 2 is 0.781 bits per heavy atom. The van der Waals surface area contributed by atoms with Crippen LogP contribution in [0.5, 0.6) is 0 Å². The topological polar surface area (TPSA) is 390 Å². The molecule has 2 aliphatic heterocycles. The van der Waals surface area contributed by atoms with Gasteiger partial charge < -0.3 is 91.5 Å². The summed E-state index contributed by atoms with van der Waals surface area (Å²) in [6.07, 6.45) is -13.2. The van der Waals surface area contributed by atoms with Crippen molar-refractivity contribution < 1.29 is 139 Å². The molecule has 29 heteroatoms. The molecule has 6 aromatic carbocycles. The van der Waals surface area contributed by atoms with Crippen LogP contribution in [0.2, 0.25) is 0 Å². The minimum atomic E-state index is -2.17. The van der Waals surface area contributed by atoms with Gasteiger partial charge in [0.2, 0.25) is 0 Å². The number of carboxylic acids is 1. The number of carboxylic acid groups (broad SMARTS) is 1. The van der Waals surface area contributed by atoms with Gasteiger partial charge in [0.15, 0.2) is 23.4 Å². The van der Waals surface area contributed by atoms with Crippen LogP contribution in [0.15, 0.2) is 204 Å². The van der Waals surface area contributed by atoms with Crippen molar-refractivity contribution in [2.45, 2.75) is 273 Å². The molecule has 0 radical (unpaired) electrons. The third-order valence-electron chi connectivity index (χ3n) is 29.6. The van der Waals surface area contributed by atoms with Crippen molar-refractivity contribution in [3.8, 4) is 0 Å². The van der Waals surface area contributed by atoms with Crippen molar-refractivity contribution >= 4 is 59.7 Å². The van der Waals surface area contributed by atoms with Gasteiger partial charge >= 0.3 is 48.1 Å². The average Bonchev–Trinajstić information content (AvgIpc) is 0.678. The molecule has 14 rings (SSSR count). The molecule has 137 heavy (non-hydrogen) atoms. The Balaban J connectivity index is 0.000000211. The highest BCUT2D eigenvalue weighted by Gasteiger charge is 2.81. The standard InChI is InChI=1S/C54H66O14.C38H44O11.C16H24O4/c1-32(2)25-33(3)44(64-31-61-28-37-19-13-10-14-20-37)49(58)65-40-27-54(60)47(67-48(57)39-23-17-12-18-24-39)45-52(9,46(56)35(5)43(34(40)4)51(54,7)8)41(26-42-53(45,30-63-42)68-36(6)55)66-50(59)62-29-38-21-15-11-16-22-38;1-21-26(40)18-38(44)32(48-33(42)25-15-11-8-12-16-25)30-36(6,31(41)22(2)29(21)35(38,4)5)27(17-28-37(30,20-46-28)49-23(3)39)47-34(43)45-19-24-13-9-7-10-14-24;1-12(2)9-13(3)15(16(17)18)20-11-19-10-14-7-5-4-6-8-14/h10-24,32-33,35,40-42,44-45,47,60H,25-31H2,1-9H3;7-16,22,26-28,30,32,40,44H,17-20H2,1-6H3;4-8,12-13,15H,9-11H2,1-3H3,(H,17,18)/t33-,35+,40-,41-,42+,44?,45-,47-,52+,53-,54+;22-,26+,27+,28-,30+,32+,36-,37+,38-;/m01./s1. The van der Waals surface area contributed by atoms with Crippen molar-refractivity contribution in [3.63, 3.8) is 0 Å². The van der Waals surface area contributed by atoms with E-state index in [0.717, 1.165) is 23.1 Å². The van der Waals surface area contributed by atoms with Gasteiger partial charge in [-0.3, -0.25) is 19.2 Å². The summed E-state index contributed by atoms with van der Waals surface area (Å²) in [5, 5.41) is 47.7. The summed E-state index contributed by atoms with van der Waals surface area (Å²) < 4.78 is 89.9. The van der Waals surface area contributed by atoms with Gasteiger partial charge in [0.25, 0.3) is 0 Å². The van der Waals surface area contributed by atoms with Gasteiger partial charge in [-0.1, -0.05) is 241 Å². The lowest BCUT2D eigenvalue weighted by molar-refractivity contribution is -0.345. The van der Waals surface area contributed by atoms with E-state index in [1.807, 2.05) is 113 Å². The summed E-state index contributed by atoms with van der Waals surface area (Å²) in [5.74, 6) is -9.77. The number of aliphatic carboxylic acids is 1. The number of Topliss-reactive ketones (excluding diaryl/α,β-unsaturated/α-hetero) is 2. The zero-order valence-electron chi connectivity index (χ0n) is 81.6. The Bertz CT molecular complexity index is 5300. The Hall–Kier alpha value is -10.9. The number of hydrogen-bond acceptors (Lipinski definition) is 28. The molecule has 3 unspecified atom stereocenters. The number of aliphatic hydroxyl groups excluding tert-OH is 1. The maximum Gasteiger partial charge on any atom is 0.508 e. The van der Waals surface area contributed by atoms with Crippen LogP contribution in [0, 0.1) is 69.0 Å². The number of aliphatic hydroxyl groups is 3. The van der Waals surface area contributed by atoms with E-state index in [1.54, 1.807) is 166 Å². The molecule has 4 N–H and O–H groups in total. The van der Waals surface area contributed by atoms with Gasteiger partial charge in [-0.2, -0.15) is 0 Å². The van der Waals surface area contributed by atoms with Gasteiger partial charge in [-0.15, -0.1) is 0 Å². The van der Waals surface area contributed by atoms with Crippen molar-refractivity contribution in [2.75, 3.05) is 26.8 Å². The van der Waals surface area contributed by atoms with Crippen LogP contribution in [-0.2, 0) is 126 Å². The van der Waals surface area contributed by atoms with E-state index in [9.17, 15) is 58.8 Å². The number of carbonyl (C=O) groups excluding carboxylic acids is 9. The Labute approximate surface area is 801 Å². The molecule has 22 atom stereocenters. The monoisotopic (exact) mass is 1890 g/mol. The van der Waals surface area contributed by atoms with Gasteiger partial charge in [0.05, 0.1) is 66.3 Å². The highest BCUT2D eigenvalue weighted by Crippen LogP contribution is 2.68. The van der Waals surface area contributed by atoms with E-state index in [1.165, 1.54) is 13.8 Å². The fourth-order valence-corrected chi connectivity index (χ4v) is 23.1. The zero-order valence-corrected chi connectivity index (χ0v) is 81.6. The predicted molar refractivity (Wildman–Crippen MR) is 498 cm³/mol. The summed E-state index contributed by atoms with van der Waals surface area (Å²) in [5.41, 5.74) is -7.81. The lowest BCUT2D eigenvalue weighted by Crippen LogP contribution is -2.81. The molecule has 29 nitrogen and oxygen atoms in total. The number of fused-ring (bicyclic) bond motifs is 10. The van der Waals surface area contributed by atoms with Crippen LogP contribution in [0.25, 0.3) is 0 Å². The Morgan fingerprint density at radius 3 is 1.12 bits per heavy atom. The fourth-order valence-electron chi connectivity index (χ4n) is 23.1. The fraction of sp³-hybridized carbons (Fsp3) is 0.537. The molecular weight excluding hydrogens is 1760 g/mol. The van der Waals surface area contributed by atoms with E-state index in [0.29, 0.717) is 46.8 Å². The summed E-state index contributed by atoms with van der Waals surface area (Å²) in [7, 11) is 0. The van der Waals surface area contributed by atoms with Gasteiger partial charge in [0, 0.05) is 62.2 Å². The molecular formula is C108H134O29. The number of ketones is 2. The molecule has 8 aliphatic rings. The van der Waals surface area contributed by atoms with E-state index < -0.39 is 188 Å². The van der Waals surface area contributed by atoms with Crippen LogP contribution in [0.1, 0.15) is 206 Å². The smallest absolute Gasteiger partial charge is 0.479 e. The van der Waals surface area contributed by atoms with E-state index in [4.69, 9.17) is 71.1 Å². The minimum absolute atomic E-state index is 0.00566. The highest BCUT2D eigenvalue weighted by molar-refractivity contribution is 5.94. The summed E-state index contributed by atoms with van der Waals surface area (Å²) in [6, 6.07) is 53.7. The van der Waals surface area contributed by atoms with E-state index >= 15 is 9.59 Å². The van der Waals surface area contributed by atoms with Crippen LogP contribution in [-0.4, -0.2) is 190 Å². The first-order chi connectivity index (χ1) is 64.8. The van der Waals surface area contributed by atoms with Crippen LogP contribution >= 0.6 is 0 Å². The van der Waals surface area contributed by atoms with Gasteiger partial charge in [-0.05, 0) is 133 Å². The normalized spacial score (nSPS) is 30.0. The SMILES string of the molecule is CC(=O)O[C@@]12CO[C@@H]1C[C@H](OC(=O)OCc1ccccc1)[C@@]1(C)C(=O)[C@H](C)C3=C(C)[C@@H](O)C[C@@](O)([C@@H](OC(=O)c4ccccc4)[C@H]21)C3(C)C.CC(=O)O[C@@]12CO[C@@H]1C[C@H](OC(=O)OCc1ccccc1)[C@@]1(C)C(=O)[C@H](C)C3=C(C)[C@@H](OC(=O)C(OCOCc4ccccc4)[C@@H](C)CC(C)C)C[C@@](O)([C@@H](OC(=O)c4ccccc4)[C@H]21)C3(C)C.CC(C)CC(C)C(OCOCc1ccccc1)C(=O)O. The number of carbonyl (C=O) groups is 10. The van der Waals surface area contributed by atoms with E-state index in [2.05, 4.69) is 13.8 Å². The van der Waals surface area contributed by atoms with Gasteiger partial charge in [0.1, 0.15) is 92.3 Å². The molecule has 6 aromatic rings.